The van der Waals surface area contributed by atoms with Gasteiger partial charge in [0.1, 0.15) is 18.1 Å². The minimum absolute atomic E-state index is 0.0196. The van der Waals surface area contributed by atoms with Gasteiger partial charge in [-0.2, -0.15) is 0 Å². The molecule has 1 aromatic heterocycles. The summed E-state index contributed by atoms with van der Waals surface area (Å²) in [7, 11) is 0. The van der Waals surface area contributed by atoms with Crippen LogP contribution in [0.2, 0.25) is 0 Å². The Morgan fingerprint density at radius 1 is 0.821 bits per heavy atom. The maximum Gasteiger partial charge on any atom is 0.329 e. The number of carboxylic acids is 1. The molecule has 0 aliphatic heterocycles. The zero-order chi connectivity index (χ0) is 28.7. The molecule has 0 fully saturated rings. The van der Waals surface area contributed by atoms with Gasteiger partial charge in [0.2, 0.25) is 11.8 Å². The number of rotatable bonds is 12. The van der Waals surface area contributed by atoms with Crippen molar-refractivity contribution in [2.45, 2.75) is 65.1 Å². The molecule has 208 valence electrons. The summed E-state index contributed by atoms with van der Waals surface area (Å²) in [5.41, 5.74) is -0.310. The highest BCUT2D eigenvalue weighted by atomic mass is 16.4. The second kappa shape index (κ2) is 13.0. The first-order chi connectivity index (χ1) is 18.5. The third-order valence-electron chi connectivity index (χ3n) is 6.38. The van der Waals surface area contributed by atoms with Gasteiger partial charge in [0, 0.05) is 6.42 Å². The SMILES string of the molecule is CC(C)CC(NC(=O)C(CC(C)C)NC(=O)C(Cc1ccccc1)n1c(=O)[nH]c2ccccc2c1=O)C(=O)O. The fourth-order valence-electron chi connectivity index (χ4n) is 4.53. The van der Waals surface area contributed by atoms with E-state index in [0.29, 0.717) is 11.1 Å². The summed E-state index contributed by atoms with van der Waals surface area (Å²) >= 11 is 0. The van der Waals surface area contributed by atoms with Crippen molar-refractivity contribution >= 4 is 28.7 Å². The standard InChI is InChI=1S/C29H36N4O6/c1-17(2)14-22(25(34)31-23(28(37)38)15-18(3)4)30-26(35)24(16-19-10-6-5-7-11-19)33-27(36)20-12-8-9-13-21(20)32-29(33)39/h5-13,17-18,22-24H,14-16H2,1-4H3,(H,30,35)(H,31,34)(H,32,39)(H,37,38). The highest BCUT2D eigenvalue weighted by Gasteiger charge is 2.32. The summed E-state index contributed by atoms with van der Waals surface area (Å²) < 4.78 is 0.883. The van der Waals surface area contributed by atoms with Gasteiger partial charge in [0.05, 0.1) is 10.9 Å². The molecule has 2 aromatic carbocycles. The third kappa shape index (κ3) is 7.66. The van der Waals surface area contributed by atoms with Crippen molar-refractivity contribution in [3.63, 3.8) is 0 Å². The van der Waals surface area contributed by atoms with E-state index < -0.39 is 47.2 Å². The number of H-pyrrole nitrogens is 1. The lowest BCUT2D eigenvalue weighted by Gasteiger charge is -2.26. The molecular formula is C29H36N4O6. The number of carboxylic acid groups (broad SMARTS) is 1. The minimum Gasteiger partial charge on any atom is -0.480 e. The van der Waals surface area contributed by atoms with Crippen LogP contribution in [0.3, 0.4) is 0 Å². The first kappa shape index (κ1) is 29.3. The normalized spacial score (nSPS) is 13.7. The number of aromatic amines is 1. The highest BCUT2D eigenvalue weighted by molar-refractivity contribution is 5.91. The smallest absolute Gasteiger partial charge is 0.329 e. The monoisotopic (exact) mass is 536 g/mol. The molecule has 0 radical (unpaired) electrons. The molecular weight excluding hydrogens is 500 g/mol. The summed E-state index contributed by atoms with van der Waals surface area (Å²) in [6.45, 7) is 7.44. The van der Waals surface area contributed by atoms with Gasteiger partial charge in [-0.1, -0.05) is 70.2 Å². The average molecular weight is 537 g/mol. The van der Waals surface area contributed by atoms with Crippen molar-refractivity contribution in [2.75, 3.05) is 0 Å². The molecule has 2 amide bonds. The lowest BCUT2D eigenvalue weighted by atomic mass is 9.99. The molecule has 4 N–H and O–H groups in total. The Morgan fingerprint density at radius 2 is 1.38 bits per heavy atom. The van der Waals surface area contributed by atoms with Gasteiger partial charge in [-0.15, -0.1) is 0 Å². The molecule has 0 saturated heterocycles. The number of aromatic nitrogens is 2. The van der Waals surface area contributed by atoms with Crippen LogP contribution in [0, 0.1) is 11.8 Å². The van der Waals surface area contributed by atoms with Crippen molar-refractivity contribution in [1.82, 2.24) is 20.2 Å². The van der Waals surface area contributed by atoms with Crippen LogP contribution >= 0.6 is 0 Å². The van der Waals surface area contributed by atoms with E-state index in [4.69, 9.17) is 0 Å². The number of nitrogens with one attached hydrogen (secondary N) is 3. The summed E-state index contributed by atoms with van der Waals surface area (Å²) in [5.74, 6) is -2.50. The molecule has 0 aliphatic rings. The number of amides is 2. The van der Waals surface area contributed by atoms with Gasteiger partial charge >= 0.3 is 11.7 Å². The molecule has 3 rings (SSSR count). The largest absolute Gasteiger partial charge is 0.480 e. The van der Waals surface area contributed by atoms with Crippen molar-refractivity contribution in [2.24, 2.45) is 11.8 Å². The maximum atomic E-state index is 13.8. The van der Waals surface area contributed by atoms with E-state index in [0.717, 1.165) is 4.57 Å². The molecule has 39 heavy (non-hydrogen) atoms. The van der Waals surface area contributed by atoms with E-state index in [1.807, 2.05) is 33.8 Å². The van der Waals surface area contributed by atoms with Gasteiger partial charge < -0.3 is 20.7 Å². The molecule has 1 heterocycles. The van der Waals surface area contributed by atoms with Gasteiger partial charge in [0.25, 0.3) is 5.56 Å². The van der Waals surface area contributed by atoms with E-state index in [2.05, 4.69) is 15.6 Å². The van der Waals surface area contributed by atoms with Crippen LogP contribution in [0.25, 0.3) is 10.9 Å². The lowest BCUT2D eigenvalue weighted by molar-refractivity contribution is -0.142. The van der Waals surface area contributed by atoms with E-state index in [1.165, 1.54) is 0 Å². The molecule has 0 bridgehead atoms. The number of para-hydroxylation sites is 1. The maximum absolute atomic E-state index is 13.8. The first-order valence-electron chi connectivity index (χ1n) is 13.1. The van der Waals surface area contributed by atoms with Crippen LogP contribution in [-0.2, 0) is 20.8 Å². The highest BCUT2D eigenvalue weighted by Crippen LogP contribution is 2.16. The van der Waals surface area contributed by atoms with Crippen molar-refractivity contribution in [3.05, 3.63) is 81.0 Å². The van der Waals surface area contributed by atoms with Crippen molar-refractivity contribution in [3.8, 4) is 0 Å². The number of hydrogen-bond acceptors (Lipinski definition) is 5. The summed E-state index contributed by atoms with van der Waals surface area (Å²) in [4.78, 5) is 67.9. The number of aliphatic carboxylic acids is 1. The van der Waals surface area contributed by atoms with Gasteiger partial charge in [-0.05, 0) is 42.4 Å². The molecule has 3 unspecified atom stereocenters. The number of carbonyl (C=O) groups is 3. The van der Waals surface area contributed by atoms with E-state index in [9.17, 15) is 29.1 Å². The molecule has 0 aliphatic carbocycles. The first-order valence-corrected chi connectivity index (χ1v) is 13.1. The summed E-state index contributed by atoms with van der Waals surface area (Å²) in [5, 5.41) is 15.1. The Morgan fingerprint density at radius 3 is 2.00 bits per heavy atom. The van der Waals surface area contributed by atoms with Gasteiger partial charge in [-0.25, -0.2) is 14.2 Å². The Kier molecular flexibility index (Phi) is 9.81. The zero-order valence-electron chi connectivity index (χ0n) is 22.6. The Bertz CT molecular complexity index is 1430. The van der Waals surface area contributed by atoms with Crippen molar-refractivity contribution < 1.29 is 19.5 Å². The Balaban J connectivity index is 2.00. The van der Waals surface area contributed by atoms with Gasteiger partial charge in [-0.3, -0.25) is 14.4 Å². The predicted molar refractivity (Wildman–Crippen MR) is 148 cm³/mol. The zero-order valence-corrected chi connectivity index (χ0v) is 22.6. The van der Waals surface area contributed by atoms with Crippen molar-refractivity contribution in [1.29, 1.82) is 0 Å². The quantitative estimate of drug-likeness (QED) is 0.279. The van der Waals surface area contributed by atoms with Crippen LogP contribution in [0.5, 0.6) is 0 Å². The summed E-state index contributed by atoms with van der Waals surface area (Å²) in [6, 6.07) is 12.0. The second-order valence-electron chi connectivity index (χ2n) is 10.6. The fraction of sp³-hybridized carbons (Fsp3) is 0.414. The number of carbonyl (C=O) groups excluding carboxylic acids is 2. The Hall–Kier alpha value is -4.21. The predicted octanol–water partition coefficient (Wildman–Crippen LogP) is 2.62. The number of nitrogens with zero attached hydrogens (tertiary/aromatic N) is 1. The van der Waals surface area contributed by atoms with Crippen LogP contribution in [0.15, 0.2) is 64.2 Å². The number of fused-ring (bicyclic) bond motifs is 1. The summed E-state index contributed by atoms with van der Waals surface area (Å²) in [6.07, 6.45) is 0.476. The molecule has 10 nitrogen and oxygen atoms in total. The van der Waals surface area contributed by atoms with Crippen LogP contribution < -0.4 is 21.9 Å². The fourth-order valence-corrected chi connectivity index (χ4v) is 4.53. The lowest BCUT2D eigenvalue weighted by Crippen LogP contribution is -2.54. The van der Waals surface area contributed by atoms with E-state index >= 15 is 0 Å². The average Bonchev–Trinajstić information content (AvgIpc) is 2.87. The molecule has 3 aromatic rings. The molecule has 3 atom stereocenters. The molecule has 10 heteroatoms. The number of hydrogen-bond donors (Lipinski definition) is 4. The van der Waals surface area contributed by atoms with Gasteiger partial charge in [0.15, 0.2) is 0 Å². The van der Waals surface area contributed by atoms with Crippen LogP contribution in [-0.4, -0.2) is 44.5 Å². The van der Waals surface area contributed by atoms with E-state index in [-0.39, 0.29) is 36.5 Å². The third-order valence-corrected chi connectivity index (χ3v) is 6.38. The topological polar surface area (TPSA) is 150 Å². The Labute approximate surface area is 226 Å². The van der Waals surface area contributed by atoms with E-state index in [1.54, 1.807) is 48.5 Å². The van der Waals surface area contributed by atoms with Crippen LogP contribution in [0.1, 0.15) is 52.1 Å². The number of benzene rings is 2. The molecule has 0 spiro atoms. The van der Waals surface area contributed by atoms with Crippen LogP contribution in [0.4, 0.5) is 0 Å². The minimum atomic E-state index is -1.26. The molecule has 0 saturated carbocycles. The second-order valence-corrected chi connectivity index (χ2v) is 10.6.